The van der Waals surface area contributed by atoms with Crippen molar-refractivity contribution in [3.05, 3.63) is 59.3 Å². The number of carbonyl (C=O) groups is 2. The number of benzene rings is 2. The Labute approximate surface area is 202 Å². The van der Waals surface area contributed by atoms with Crippen molar-refractivity contribution in [2.45, 2.75) is 52.9 Å². The van der Waals surface area contributed by atoms with Crippen LogP contribution in [0.3, 0.4) is 0 Å². The molecule has 186 valence electrons. The average molecular weight is 487 g/mol. The van der Waals surface area contributed by atoms with Gasteiger partial charge in [-0.2, -0.15) is 13.2 Å². The van der Waals surface area contributed by atoms with Gasteiger partial charge in [0.25, 0.3) is 0 Å². The van der Waals surface area contributed by atoms with Gasteiger partial charge in [-0.15, -0.1) is 0 Å². The zero-order chi connectivity index (χ0) is 25.3. The van der Waals surface area contributed by atoms with E-state index in [4.69, 9.17) is 4.74 Å². The van der Waals surface area contributed by atoms with E-state index >= 15 is 0 Å². The van der Waals surface area contributed by atoms with Crippen molar-refractivity contribution < 1.29 is 27.5 Å². The maximum Gasteiger partial charge on any atom is 0.416 e. The number of rotatable bonds is 8. The summed E-state index contributed by atoms with van der Waals surface area (Å²) in [4.78, 5) is 26.7. The zero-order valence-electron chi connectivity index (χ0n) is 20.1. The number of carbonyl (C=O) groups excluding carboxylic acids is 2. The number of fused-ring (bicyclic) bond motifs is 1. The molecule has 0 N–H and O–H groups in total. The van der Waals surface area contributed by atoms with Crippen molar-refractivity contribution in [3.63, 3.8) is 0 Å². The number of para-hydroxylation sites is 1. The molecular weight excluding hydrogens is 457 g/mol. The second kappa shape index (κ2) is 9.76. The zero-order valence-corrected chi connectivity index (χ0v) is 20.1. The summed E-state index contributed by atoms with van der Waals surface area (Å²) in [6, 6.07) is 11.2. The van der Waals surface area contributed by atoms with E-state index in [9.17, 15) is 22.8 Å². The van der Waals surface area contributed by atoms with E-state index in [0.717, 1.165) is 47.1 Å². The summed E-state index contributed by atoms with van der Waals surface area (Å²) in [7, 11) is 0. The van der Waals surface area contributed by atoms with Crippen molar-refractivity contribution in [2.24, 2.45) is 5.92 Å². The Morgan fingerprint density at radius 1 is 1.11 bits per heavy atom. The van der Waals surface area contributed by atoms with Crippen molar-refractivity contribution in [1.82, 2.24) is 9.47 Å². The summed E-state index contributed by atoms with van der Waals surface area (Å²) in [5.41, 5.74) is 2.59. The van der Waals surface area contributed by atoms with Crippen molar-refractivity contribution in [2.75, 3.05) is 13.2 Å². The molecule has 1 saturated carbocycles. The molecule has 0 bridgehead atoms. The molecule has 1 aromatic heterocycles. The Balaban J connectivity index is 1.87. The summed E-state index contributed by atoms with van der Waals surface area (Å²) >= 11 is 0. The maximum absolute atomic E-state index is 13.6. The van der Waals surface area contributed by atoms with E-state index in [0.29, 0.717) is 17.7 Å². The number of hydrogen-bond donors (Lipinski definition) is 0. The van der Waals surface area contributed by atoms with Crippen LogP contribution in [0.25, 0.3) is 22.0 Å². The Morgan fingerprint density at radius 3 is 2.46 bits per heavy atom. The van der Waals surface area contributed by atoms with Gasteiger partial charge in [0.1, 0.15) is 6.54 Å². The molecule has 1 aliphatic rings. The van der Waals surface area contributed by atoms with Crippen LogP contribution in [-0.2, 0) is 33.6 Å². The van der Waals surface area contributed by atoms with Crippen LogP contribution in [0.1, 0.15) is 43.5 Å². The number of ether oxygens (including phenoxy) is 1. The van der Waals surface area contributed by atoms with Gasteiger partial charge in [0, 0.05) is 41.2 Å². The molecule has 0 spiro atoms. The minimum atomic E-state index is -4.50. The molecule has 3 aromatic rings. The van der Waals surface area contributed by atoms with Crippen LogP contribution >= 0.6 is 0 Å². The van der Waals surface area contributed by atoms with Gasteiger partial charge in [0.2, 0.25) is 5.91 Å². The fourth-order valence-electron chi connectivity index (χ4n) is 4.59. The Hall–Kier alpha value is -3.29. The third kappa shape index (κ3) is 5.06. The fraction of sp³-hybridized carbons (Fsp3) is 0.407. The standard InChI is InChI=1S/C27H29F3N2O3/c1-4-31(26(34)18-10-11-18)15-19-14-20(27(28,29)30)12-13-21(19)25-17(3)32(16-24(33)35-5-2)23-9-7-6-8-22(23)25/h6-9,12-14,18H,4-5,10-11,15-16H2,1-3H3. The second-order valence-corrected chi connectivity index (χ2v) is 8.87. The van der Waals surface area contributed by atoms with Gasteiger partial charge in [0.05, 0.1) is 12.2 Å². The molecular formula is C27H29F3N2O3. The fourth-order valence-corrected chi connectivity index (χ4v) is 4.59. The van der Waals surface area contributed by atoms with Gasteiger partial charge in [0.15, 0.2) is 0 Å². The molecule has 1 aliphatic carbocycles. The van der Waals surface area contributed by atoms with Crippen LogP contribution in [-0.4, -0.2) is 34.5 Å². The Morgan fingerprint density at radius 2 is 1.83 bits per heavy atom. The van der Waals surface area contributed by atoms with Gasteiger partial charge in [-0.1, -0.05) is 24.3 Å². The van der Waals surface area contributed by atoms with Crippen LogP contribution in [0.4, 0.5) is 13.2 Å². The van der Waals surface area contributed by atoms with Crippen molar-refractivity contribution in [1.29, 1.82) is 0 Å². The molecule has 0 saturated heterocycles. The van der Waals surface area contributed by atoms with Gasteiger partial charge in [-0.05, 0) is 62.9 Å². The summed E-state index contributed by atoms with van der Waals surface area (Å²) in [6.07, 6.45) is -2.85. The predicted octanol–water partition coefficient (Wildman–Crippen LogP) is 5.96. The normalized spacial score (nSPS) is 13.8. The van der Waals surface area contributed by atoms with Crippen LogP contribution in [0.2, 0.25) is 0 Å². The van der Waals surface area contributed by atoms with Gasteiger partial charge < -0.3 is 14.2 Å². The molecule has 0 radical (unpaired) electrons. The van der Waals surface area contributed by atoms with E-state index in [1.54, 1.807) is 11.8 Å². The third-order valence-corrected chi connectivity index (χ3v) is 6.51. The monoisotopic (exact) mass is 486 g/mol. The van der Waals surface area contributed by atoms with E-state index < -0.39 is 11.7 Å². The first kappa shape index (κ1) is 24.8. The molecule has 2 aromatic carbocycles. The Kier molecular flexibility index (Phi) is 6.92. The molecule has 8 heteroatoms. The second-order valence-electron chi connectivity index (χ2n) is 8.87. The predicted molar refractivity (Wildman–Crippen MR) is 128 cm³/mol. The molecule has 35 heavy (non-hydrogen) atoms. The number of hydrogen-bond acceptors (Lipinski definition) is 3. The number of aromatic nitrogens is 1. The minimum Gasteiger partial charge on any atom is -0.465 e. The van der Waals surface area contributed by atoms with E-state index in [2.05, 4.69) is 0 Å². The van der Waals surface area contributed by atoms with Gasteiger partial charge in [-0.3, -0.25) is 9.59 Å². The first-order chi connectivity index (χ1) is 16.7. The van der Waals surface area contributed by atoms with Crippen molar-refractivity contribution in [3.8, 4) is 11.1 Å². The molecule has 0 atom stereocenters. The van der Waals surface area contributed by atoms with Crippen LogP contribution in [0, 0.1) is 12.8 Å². The third-order valence-electron chi connectivity index (χ3n) is 6.51. The quantitative estimate of drug-likeness (QED) is 0.370. The van der Waals surface area contributed by atoms with Gasteiger partial charge >= 0.3 is 12.1 Å². The van der Waals surface area contributed by atoms with Crippen LogP contribution < -0.4 is 0 Å². The van der Waals surface area contributed by atoms with E-state index in [1.165, 1.54) is 6.07 Å². The van der Waals surface area contributed by atoms with E-state index in [-0.39, 0.29) is 37.5 Å². The summed E-state index contributed by atoms with van der Waals surface area (Å²) in [6.45, 7) is 6.18. The van der Waals surface area contributed by atoms with E-state index in [1.807, 2.05) is 42.7 Å². The molecule has 1 amide bonds. The molecule has 5 nitrogen and oxygen atoms in total. The lowest BCUT2D eigenvalue weighted by atomic mass is 9.94. The molecule has 0 unspecified atom stereocenters. The highest BCUT2D eigenvalue weighted by molar-refractivity contribution is 5.99. The van der Waals surface area contributed by atoms with Crippen LogP contribution in [0.5, 0.6) is 0 Å². The lowest BCUT2D eigenvalue weighted by Gasteiger charge is -2.23. The molecule has 0 aliphatic heterocycles. The average Bonchev–Trinajstić information content (AvgIpc) is 3.63. The smallest absolute Gasteiger partial charge is 0.416 e. The largest absolute Gasteiger partial charge is 0.465 e. The van der Waals surface area contributed by atoms with Crippen molar-refractivity contribution >= 4 is 22.8 Å². The Bertz CT molecular complexity index is 1260. The lowest BCUT2D eigenvalue weighted by Crippen LogP contribution is -2.31. The number of amides is 1. The SMILES string of the molecule is CCOC(=O)Cn1c(C)c(-c2ccc(C(F)(F)F)cc2CN(CC)C(=O)C2CC2)c2ccccc21. The first-order valence-electron chi connectivity index (χ1n) is 11.9. The minimum absolute atomic E-state index is 0.00257. The lowest BCUT2D eigenvalue weighted by molar-refractivity contribution is -0.143. The van der Waals surface area contributed by atoms with Crippen LogP contribution in [0.15, 0.2) is 42.5 Å². The number of alkyl halides is 3. The highest BCUT2D eigenvalue weighted by atomic mass is 19.4. The van der Waals surface area contributed by atoms with Gasteiger partial charge in [-0.25, -0.2) is 0 Å². The first-order valence-corrected chi connectivity index (χ1v) is 11.9. The summed E-state index contributed by atoms with van der Waals surface area (Å²) in [5, 5.41) is 0.826. The molecule has 1 fully saturated rings. The summed E-state index contributed by atoms with van der Waals surface area (Å²) in [5.74, 6) is -0.433. The molecule has 4 rings (SSSR count). The number of halogens is 3. The topological polar surface area (TPSA) is 51.5 Å². The molecule has 1 heterocycles. The summed E-state index contributed by atoms with van der Waals surface area (Å²) < 4.78 is 47.9. The number of nitrogens with zero attached hydrogens (tertiary/aromatic N) is 2. The highest BCUT2D eigenvalue weighted by Crippen LogP contribution is 2.40. The maximum atomic E-state index is 13.6. The highest BCUT2D eigenvalue weighted by Gasteiger charge is 2.35. The number of esters is 1.